The van der Waals surface area contributed by atoms with Gasteiger partial charge in [0, 0.05) is 10.7 Å². The average molecular weight is 272 g/mol. The molecule has 1 aromatic rings. The molecule has 1 rings (SSSR count). The Morgan fingerprint density at radius 1 is 1.17 bits per heavy atom. The largest absolute Gasteiger partial charge is 0.224 e. The van der Waals surface area contributed by atoms with Crippen molar-refractivity contribution in [2.45, 2.75) is 4.90 Å². The number of benzene rings is 1. The zero-order valence-electron chi connectivity index (χ0n) is 6.32. The topological polar surface area (TPSA) is 34.1 Å². The minimum atomic E-state index is -3.04. The van der Waals surface area contributed by atoms with Crippen LogP contribution in [0.25, 0.3) is 0 Å². The summed E-state index contributed by atoms with van der Waals surface area (Å²) in [4.78, 5) is 0.348. The molecule has 0 amide bonds. The van der Waals surface area contributed by atoms with Crippen LogP contribution in [0.2, 0.25) is 0 Å². The lowest BCUT2D eigenvalue weighted by molar-refractivity contribution is 0.602. The van der Waals surface area contributed by atoms with E-state index in [1.54, 1.807) is 24.3 Å². The zero-order chi connectivity index (χ0) is 8.48. The van der Waals surface area contributed by atoms with Crippen LogP contribution < -0.4 is 0 Å². The zero-order valence-corrected chi connectivity index (χ0v) is 9.54. The van der Waals surface area contributed by atoms with Gasteiger partial charge >= 0.3 is 0 Å². The van der Waals surface area contributed by atoms with E-state index in [0.717, 1.165) is 4.47 Å². The molecule has 0 heterocycles. The van der Waals surface area contributed by atoms with Crippen molar-refractivity contribution in [1.29, 1.82) is 0 Å². The standard InChI is InChI=1S/C7H7BrO2S.ClH/c1-11(9,10)7-4-2-6(8)3-5-7;/h2-5H,1H3;1H. The van der Waals surface area contributed by atoms with E-state index in [0.29, 0.717) is 4.90 Å². The van der Waals surface area contributed by atoms with Gasteiger partial charge in [0.2, 0.25) is 0 Å². The quantitative estimate of drug-likeness (QED) is 0.785. The molecule has 0 fully saturated rings. The first-order valence-corrected chi connectivity index (χ1v) is 5.64. The van der Waals surface area contributed by atoms with Gasteiger partial charge in [-0.05, 0) is 24.3 Å². The molecule has 0 atom stereocenters. The van der Waals surface area contributed by atoms with Gasteiger partial charge in [0.05, 0.1) is 4.90 Å². The number of rotatable bonds is 1. The third kappa shape index (κ3) is 3.13. The van der Waals surface area contributed by atoms with Crippen LogP contribution >= 0.6 is 28.3 Å². The van der Waals surface area contributed by atoms with Crippen LogP contribution in [0.15, 0.2) is 33.6 Å². The molecular weight excluding hydrogens is 263 g/mol. The number of hydrogen-bond acceptors (Lipinski definition) is 2. The summed E-state index contributed by atoms with van der Waals surface area (Å²) in [6.45, 7) is 0. The Hall–Kier alpha value is -0.0600. The van der Waals surface area contributed by atoms with Crippen molar-refractivity contribution in [3.05, 3.63) is 28.7 Å². The van der Waals surface area contributed by atoms with E-state index in [2.05, 4.69) is 15.9 Å². The fraction of sp³-hybridized carbons (Fsp3) is 0.143. The highest BCUT2D eigenvalue weighted by atomic mass is 79.9. The fourth-order valence-corrected chi connectivity index (χ4v) is 1.58. The van der Waals surface area contributed by atoms with Gasteiger partial charge in [-0.2, -0.15) is 0 Å². The van der Waals surface area contributed by atoms with E-state index in [-0.39, 0.29) is 12.4 Å². The Kier molecular flexibility index (Phi) is 4.23. The van der Waals surface area contributed by atoms with Crippen LogP contribution in [0, 0.1) is 0 Å². The van der Waals surface area contributed by atoms with Crippen molar-refractivity contribution in [3.8, 4) is 0 Å². The monoisotopic (exact) mass is 270 g/mol. The van der Waals surface area contributed by atoms with Crippen molar-refractivity contribution in [1.82, 2.24) is 0 Å². The number of sulfone groups is 1. The molecule has 0 unspecified atom stereocenters. The summed E-state index contributed by atoms with van der Waals surface area (Å²) < 4.78 is 22.7. The normalized spacial score (nSPS) is 10.5. The van der Waals surface area contributed by atoms with E-state index < -0.39 is 9.84 Å². The van der Waals surface area contributed by atoms with E-state index in [1.807, 2.05) is 0 Å². The van der Waals surface area contributed by atoms with Crippen LogP contribution in [0.5, 0.6) is 0 Å². The van der Waals surface area contributed by atoms with Crippen LogP contribution in [-0.4, -0.2) is 14.7 Å². The van der Waals surface area contributed by atoms with Crippen LogP contribution in [0.4, 0.5) is 0 Å². The van der Waals surface area contributed by atoms with Crippen molar-refractivity contribution in [2.24, 2.45) is 0 Å². The minimum absolute atomic E-state index is 0. The van der Waals surface area contributed by atoms with Crippen molar-refractivity contribution >= 4 is 38.2 Å². The second-order valence-electron chi connectivity index (χ2n) is 2.23. The van der Waals surface area contributed by atoms with Crippen molar-refractivity contribution < 1.29 is 8.42 Å². The lowest BCUT2D eigenvalue weighted by Gasteiger charge is -1.96. The first kappa shape index (κ1) is 11.9. The number of halogens is 2. The first-order chi connectivity index (χ1) is 5.00. The van der Waals surface area contributed by atoms with Gasteiger partial charge in [-0.15, -0.1) is 12.4 Å². The summed E-state index contributed by atoms with van der Waals surface area (Å²) in [5.74, 6) is 0. The molecule has 0 radical (unpaired) electrons. The second kappa shape index (κ2) is 4.25. The Morgan fingerprint density at radius 3 is 1.92 bits per heavy atom. The maximum Gasteiger partial charge on any atom is 0.175 e. The maximum atomic E-state index is 10.9. The van der Waals surface area contributed by atoms with Gasteiger partial charge in [0.15, 0.2) is 9.84 Å². The molecule has 5 heteroatoms. The van der Waals surface area contributed by atoms with Gasteiger partial charge in [-0.1, -0.05) is 15.9 Å². The van der Waals surface area contributed by atoms with Gasteiger partial charge < -0.3 is 0 Å². The third-order valence-corrected chi connectivity index (χ3v) is 2.90. The van der Waals surface area contributed by atoms with E-state index >= 15 is 0 Å². The summed E-state index contributed by atoms with van der Waals surface area (Å²) in [5, 5.41) is 0. The van der Waals surface area contributed by atoms with Crippen LogP contribution in [0.1, 0.15) is 0 Å². The average Bonchev–Trinajstić information content (AvgIpc) is 1.86. The molecule has 0 saturated carbocycles. The highest BCUT2D eigenvalue weighted by Crippen LogP contribution is 2.13. The molecule has 12 heavy (non-hydrogen) atoms. The summed E-state index contributed by atoms with van der Waals surface area (Å²) in [6, 6.07) is 6.55. The van der Waals surface area contributed by atoms with Gasteiger partial charge in [0.25, 0.3) is 0 Å². The van der Waals surface area contributed by atoms with Gasteiger partial charge in [-0.25, -0.2) is 8.42 Å². The molecule has 0 N–H and O–H groups in total. The molecule has 1 aromatic carbocycles. The highest BCUT2D eigenvalue weighted by Gasteiger charge is 2.04. The van der Waals surface area contributed by atoms with Crippen molar-refractivity contribution in [2.75, 3.05) is 6.26 Å². The predicted molar refractivity (Wildman–Crippen MR) is 54.5 cm³/mol. The third-order valence-electron chi connectivity index (χ3n) is 1.24. The molecule has 0 aliphatic heterocycles. The Labute approximate surface area is 86.4 Å². The van der Waals surface area contributed by atoms with E-state index in [1.165, 1.54) is 6.26 Å². The molecule has 0 spiro atoms. The molecule has 0 aliphatic carbocycles. The molecule has 0 saturated heterocycles. The van der Waals surface area contributed by atoms with Crippen LogP contribution in [0.3, 0.4) is 0 Å². The molecule has 0 bridgehead atoms. The second-order valence-corrected chi connectivity index (χ2v) is 5.16. The van der Waals surface area contributed by atoms with Gasteiger partial charge in [-0.3, -0.25) is 0 Å². The highest BCUT2D eigenvalue weighted by molar-refractivity contribution is 9.10. The van der Waals surface area contributed by atoms with E-state index in [9.17, 15) is 8.42 Å². The van der Waals surface area contributed by atoms with Crippen molar-refractivity contribution in [3.63, 3.8) is 0 Å². The lowest BCUT2D eigenvalue weighted by atomic mass is 10.4. The molecular formula is C7H8BrClO2S. The van der Waals surface area contributed by atoms with Crippen LogP contribution in [-0.2, 0) is 9.84 Å². The van der Waals surface area contributed by atoms with E-state index in [4.69, 9.17) is 0 Å². The lowest BCUT2D eigenvalue weighted by Crippen LogP contribution is -1.95. The number of hydrogen-bond donors (Lipinski definition) is 0. The molecule has 2 nitrogen and oxygen atoms in total. The minimum Gasteiger partial charge on any atom is -0.224 e. The Morgan fingerprint density at radius 2 is 1.58 bits per heavy atom. The van der Waals surface area contributed by atoms with Gasteiger partial charge in [0.1, 0.15) is 0 Å². The predicted octanol–water partition coefficient (Wildman–Crippen LogP) is 2.27. The molecule has 0 aliphatic rings. The first-order valence-electron chi connectivity index (χ1n) is 2.96. The maximum absolute atomic E-state index is 10.9. The molecule has 68 valence electrons. The summed E-state index contributed by atoms with van der Waals surface area (Å²) in [6.07, 6.45) is 1.19. The smallest absolute Gasteiger partial charge is 0.175 e. The SMILES string of the molecule is CS(=O)(=O)c1ccc(Br)cc1.Cl. The summed E-state index contributed by atoms with van der Waals surface area (Å²) >= 11 is 3.22. The Bertz CT molecular complexity index is 344. The molecule has 0 aromatic heterocycles. The summed E-state index contributed by atoms with van der Waals surface area (Å²) in [5.41, 5.74) is 0. The Balaban J connectivity index is 0.00000121. The fourth-order valence-electron chi connectivity index (χ4n) is 0.682. The summed E-state index contributed by atoms with van der Waals surface area (Å²) in [7, 11) is -3.04.